The van der Waals surface area contributed by atoms with Crippen molar-refractivity contribution in [2.75, 3.05) is 0 Å². The number of fused-ring (bicyclic) bond motifs is 1. The second-order valence-corrected chi connectivity index (χ2v) is 8.55. The fourth-order valence-electron chi connectivity index (χ4n) is 2.43. The Morgan fingerprint density at radius 1 is 1.14 bits per heavy atom. The SMILES string of the molecule is [O-][Cl+3]([O-])([O-])OS1(C(F)(F)F)C(C2CC2)=Cc2ccccc21. The van der Waals surface area contributed by atoms with Crippen molar-refractivity contribution in [3.63, 3.8) is 0 Å². The molecule has 21 heavy (non-hydrogen) atoms. The van der Waals surface area contributed by atoms with Gasteiger partial charge in [0.1, 0.15) is 3.74 Å². The Balaban J connectivity index is 2.22. The Hall–Kier alpha value is -0.770. The van der Waals surface area contributed by atoms with Crippen LogP contribution in [-0.4, -0.2) is 5.51 Å². The van der Waals surface area contributed by atoms with E-state index in [0.29, 0.717) is 12.8 Å². The van der Waals surface area contributed by atoms with Gasteiger partial charge in [0.15, 0.2) is 10.3 Å². The van der Waals surface area contributed by atoms with Gasteiger partial charge in [0.25, 0.3) is 0 Å². The molecular weight excluding hydrogens is 333 g/mol. The minimum Gasteiger partial charge on any atom is -0.182 e. The van der Waals surface area contributed by atoms with E-state index in [9.17, 15) is 27.1 Å². The number of hydrogen-bond donors (Lipinski definition) is 0. The number of alkyl halides is 3. The van der Waals surface area contributed by atoms with Gasteiger partial charge in [-0.25, -0.2) is 0 Å². The lowest BCUT2D eigenvalue weighted by molar-refractivity contribution is -1.91. The van der Waals surface area contributed by atoms with Gasteiger partial charge in [-0.1, -0.05) is 18.2 Å². The van der Waals surface area contributed by atoms with Crippen LogP contribution in [0.1, 0.15) is 18.4 Å². The Morgan fingerprint density at radius 2 is 1.76 bits per heavy atom. The first-order valence-electron chi connectivity index (χ1n) is 5.97. The second-order valence-electron chi connectivity index (χ2n) is 4.80. The fraction of sp³-hybridized carbons (Fsp3) is 0.333. The topological polar surface area (TPSA) is 78.4 Å². The maximum atomic E-state index is 13.7. The second kappa shape index (κ2) is 4.61. The molecule has 1 aromatic carbocycles. The lowest BCUT2D eigenvalue weighted by atomic mass is 10.2. The minimum atomic E-state index is -5.20. The van der Waals surface area contributed by atoms with E-state index in [1.165, 1.54) is 24.3 Å². The van der Waals surface area contributed by atoms with Crippen LogP contribution < -0.4 is 14.0 Å². The van der Waals surface area contributed by atoms with Crippen molar-refractivity contribution in [1.82, 2.24) is 0 Å². The van der Waals surface area contributed by atoms with Crippen LogP contribution in [0.2, 0.25) is 0 Å². The third-order valence-electron chi connectivity index (χ3n) is 3.34. The molecule has 1 aliphatic carbocycles. The Kier molecular flexibility index (Phi) is 3.32. The number of rotatable bonds is 3. The van der Waals surface area contributed by atoms with Gasteiger partial charge in [-0.2, -0.15) is 27.1 Å². The van der Waals surface area contributed by atoms with Crippen molar-refractivity contribution in [3.05, 3.63) is 34.7 Å². The van der Waals surface area contributed by atoms with Crippen molar-refractivity contribution in [3.8, 4) is 0 Å². The monoisotopic (exact) mass is 342 g/mol. The van der Waals surface area contributed by atoms with Crippen molar-refractivity contribution < 1.29 is 41.1 Å². The molecule has 0 radical (unpaired) electrons. The summed E-state index contributed by atoms with van der Waals surface area (Å²) >= 11 is 0. The summed E-state index contributed by atoms with van der Waals surface area (Å²) in [5.74, 6) is -0.383. The molecule has 1 unspecified atom stereocenters. The van der Waals surface area contributed by atoms with Gasteiger partial charge in [-0.05, 0) is 36.5 Å². The van der Waals surface area contributed by atoms with Crippen LogP contribution in [0.5, 0.6) is 0 Å². The highest BCUT2D eigenvalue weighted by Crippen LogP contribution is 2.80. The summed E-state index contributed by atoms with van der Waals surface area (Å²) in [5, 5.41) is 0. The highest BCUT2D eigenvalue weighted by Gasteiger charge is 2.69. The summed E-state index contributed by atoms with van der Waals surface area (Å²) < 4.78 is 78.1. The van der Waals surface area contributed by atoms with Crippen molar-refractivity contribution in [2.24, 2.45) is 5.92 Å². The first-order valence-corrected chi connectivity index (χ1v) is 8.77. The molecule has 0 bridgehead atoms. The standard InChI is InChI=1S/C12H10ClF3O4S/c14-12(15,16)21(20-13(17,18)19)10-4-2-1-3-9(10)7-11(21)8-5-6-8/h1-4,7-8H,5-6H2. The molecule has 0 amide bonds. The van der Waals surface area contributed by atoms with Crippen LogP contribution in [0.4, 0.5) is 13.2 Å². The molecule has 9 heteroatoms. The molecule has 0 aromatic heterocycles. The Labute approximate surface area is 122 Å². The van der Waals surface area contributed by atoms with E-state index in [0.717, 1.165) is 0 Å². The average Bonchev–Trinajstić information content (AvgIpc) is 3.11. The molecule has 1 saturated carbocycles. The first kappa shape index (κ1) is 15.1. The van der Waals surface area contributed by atoms with Gasteiger partial charge < -0.3 is 0 Å². The van der Waals surface area contributed by atoms with Gasteiger partial charge >= 0.3 is 5.51 Å². The highest BCUT2D eigenvalue weighted by atomic mass is 35.7. The van der Waals surface area contributed by atoms with Crippen molar-refractivity contribution >= 4 is 16.4 Å². The van der Waals surface area contributed by atoms with Crippen LogP contribution in [0.3, 0.4) is 0 Å². The molecule has 0 spiro atoms. The molecule has 0 N–H and O–H groups in total. The zero-order chi connectivity index (χ0) is 15.5. The van der Waals surface area contributed by atoms with Crippen LogP contribution in [0.15, 0.2) is 34.1 Å². The summed E-state index contributed by atoms with van der Waals surface area (Å²) in [7, 11) is -9.53. The smallest absolute Gasteiger partial charge is 0.182 e. The minimum absolute atomic E-state index is 0.122. The van der Waals surface area contributed by atoms with Gasteiger partial charge in [0, 0.05) is 9.80 Å². The van der Waals surface area contributed by atoms with E-state index in [-0.39, 0.29) is 21.3 Å². The lowest BCUT2D eigenvalue weighted by Gasteiger charge is -2.34. The third kappa shape index (κ3) is 2.45. The summed E-state index contributed by atoms with van der Waals surface area (Å²) in [6.45, 7) is 0. The van der Waals surface area contributed by atoms with E-state index in [2.05, 4.69) is 3.74 Å². The summed E-state index contributed by atoms with van der Waals surface area (Å²) in [6.07, 6.45) is 2.38. The summed E-state index contributed by atoms with van der Waals surface area (Å²) in [4.78, 5) is -0.394. The molecule has 1 fully saturated rings. The maximum absolute atomic E-state index is 13.7. The normalized spacial score (nSPS) is 28.8. The van der Waals surface area contributed by atoms with Crippen LogP contribution >= 0.6 is 10.3 Å². The van der Waals surface area contributed by atoms with Crippen molar-refractivity contribution in [1.29, 1.82) is 0 Å². The third-order valence-corrected chi connectivity index (χ3v) is 7.47. The van der Waals surface area contributed by atoms with Gasteiger partial charge in [0.05, 0.1) is 10.2 Å². The highest BCUT2D eigenvalue weighted by molar-refractivity contribution is 8.34. The zero-order valence-corrected chi connectivity index (χ0v) is 12.0. The van der Waals surface area contributed by atoms with Crippen LogP contribution in [-0.2, 0) is 3.74 Å². The van der Waals surface area contributed by atoms with E-state index in [1.807, 2.05) is 0 Å². The largest absolute Gasteiger partial charge is 0.468 e. The first-order chi connectivity index (χ1) is 9.65. The molecule has 1 heterocycles. The lowest BCUT2D eigenvalue weighted by Crippen LogP contribution is -2.61. The average molecular weight is 343 g/mol. The molecule has 116 valence electrons. The number of halogens is 4. The van der Waals surface area contributed by atoms with E-state index in [4.69, 9.17) is 0 Å². The Bertz CT molecular complexity index is 609. The predicted octanol–water partition coefficient (Wildman–Crippen LogP) is 0.963. The maximum Gasteiger partial charge on any atom is 0.468 e. The fourth-order valence-corrected chi connectivity index (χ4v) is 6.70. The molecule has 3 rings (SSSR count). The molecule has 1 atom stereocenters. The van der Waals surface area contributed by atoms with E-state index >= 15 is 0 Å². The molecule has 4 nitrogen and oxygen atoms in total. The molecular formula is C12H10ClF3O4S. The summed E-state index contributed by atoms with van der Waals surface area (Å²) in [6, 6.07) is 5.55. The molecule has 1 aromatic rings. The van der Waals surface area contributed by atoms with Gasteiger partial charge in [-0.3, -0.25) is 0 Å². The van der Waals surface area contributed by atoms with E-state index in [1.54, 1.807) is 6.07 Å². The van der Waals surface area contributed by atoms with E-state index < -0.39 is 26.1 Å². The van der Waals surface area contributed by atoms with Crippen LogP contribution in [0.25, 0.3) is 6.08 Å². The number of allylic oxidation sites excluding steroid dienone is 1. The zero-order valence-electron chi connectivity index (χ0n) is 10.4. The van der Waals surface area contributed by atoms with Crippen molar-refractivity contribution in [2.45, 2.75) is 23.2 Å². The Morgan fingerprint density at radius 3 is 2.29 bits per heavy atom. The molecule has 0 saturated heterocycles. The molecule has 1 aliphatic heterocycles. The van der Waals surface area contributed by atoms with Crippen LogP contribution in [0, 0.1) is 16.2 Å². The number of benzene rings is 1. The predicted molar refractivity (Wildman–Crippen MR) is 60.1 cm³/mol. The molecule has 2 aliphatic rings. The number of hydrogen-bond acceptors (Lipinski definition) is 4. The van der Waals surface area contributed by atoms with Gasteiger partial charge in [0.2, 0.25) is 0 Å². The summed E-state index contributed by atoms with van der Waals surface area (Å²) in [5.41, 5.74) is -4.72. The van der Waals surface area contributed by atoms with Gasteiger partial charge in [-0.15, -0.1) is 0 Å². The quantitative estimate of drug-likeness (QED) is 0.819.